The number of rotatable bonds is 7. The van der Waals surface area contributed by atoms with Crippen LogP contribution in [0.15, 0.2) is 54.6 Å². The van der Waals surface area contributed by atoms with Gasteiger partial charge >= 0.3 is 0 Å². The molecule has 0 unspecified atom stereocenters. The van der Waals surface area contributed by atoms with Gasteiger partial charge in [0.15, 0.2) is 6.61 Å². The molecule has 1 atom stereocenters. The molecule has 0 aromatic heterocycles. The van der Waals surface area contributed by atoms with Gasteiger partial charge in [0.25, 0.3) is 5.91 Å². The van der Waals surface area contributed by atoms with Gasteiger partial charge in [0.05, 0.1) is 7.11 Å². The lowest BCUT2D eigenvalue weighted by atomic mass is 10.1. The van der Waals surface area contributed by atoms with E-state index in [-0.39, 0.29) is 12.5 Å². The normalized spacial score (nSPS) is 16.5. The Labute approximate surface area is 148 Å². The molecule has 1 aliphatic heterocycles. The van der Waals surface area contributed by atoms with Crippen LogP contribution in [0.4, 0.5) is 5.69 Å². The molecule has 132 valence electrons. The molecule has 1 N–H and O–H groups in total. The van der Waals surface area contributed by atoms with E-state index in [9.17, 15) is 4.79 Å². The van der Waals surface area contributed by atoms with E-state index in [1.165, 1.54) is 5.69 Å². The maximum Gasteiger partial charge on any atom is 0.257 e. The average Bonchev–Trinajstić information content (AvgIpc) is 3.15. The molecule has 0 aliphatic carbocycles. The Hall–Kier alpha value is -2.69. The summed E-state index contributed by atoms with van der Waals surface area (Å²) in [6.45, 7) is 2.66. The Bertz CT molecular complexity index is 690. The van der Waals surface area contributed by atoms with E-state index in [0.29, 0.717) is 18.2 Å². The lowest BCUT2D eigenvalue weighted by Crippen LogP contribution is -2.34. The van der Waals surface area contributed by atoms with Gasteiger partial charge in [0.1, 0.15) is 11.5 Å². The van der Waals surface area contributed by atoms with Gasteiger partial charge in [-0.15, -0.1) is 0 Å². The third-order valence-electron chi connectivity index (χ3n) is 4.41. The molecule has 25 heavy (non-hydrogen) atoms. The number of benzene rings is 2. The minimum atomic E-state index is -0.0799. The van der Waals surface area contributed by atoms with E-state index in [1.54, 1.807) is 7.11 Å². The van der Waals surface area contributed by atoms with Crippen LogP contribution in [-0.4, -0.2) is 39.3 Å². The molecule has 1 amide bonds. The van der Waals surface area contributed by atoms with Crippen LogP contribution in [0.1, 0.15) is 6.42 Å². The number of carbonyl (C=O) groups excluding carboxylic acids is 1. The standard InChI is InChI=1S/C20H24N2O3/c1-24-19-9-5-6-17(12-19)22-11-10-16(14-22)13-21-20(23)15-25-18-7-3-2-4-8-18/h2-9,12,16H,10-11,13-15H2,1H3,(H,21,23)/t16-/m0/s1. The third-order valence-corrected chi connectivity index (χ3v) is 4.41. The number of carbonyl (C=O) groups is 1. The molecule has 0 saturated carbocycles. The number of amides is 1. The first-order valence-corrected chi connectivity index (χ1v) is 8.58. The minimum absolute atomic E-state index is 0.0519. The van der Waals surface area contributed by atoms with Crippen molar-refractivity contribution in [1.82, 2.24) is 5.32 Å². The zero-order valence-corrected chi connectivity index (χ0v) is 14.5. The Morgan fingerprint density at radius 2 is 1.96 bits per heavy atom. The molecule has 1 fully saturated rings. The Morgan fingerprint density at radius 1 is 1.16 bits per heavy atom. The largest absolute Gasteiger partial charge is 0.497 e. The summed E-state index contributed by atoms with van der Waals surface area (Å²) in [7, 11) is 1.68. The molecule has 1 aliphatic rings. The number of hydrogen-bond donors (Lipinski definition) is 1. The number of nitrogens with zero attached hydrogens (tertiary/aromatic N) is 1. The van der Waals surface area contributed by atoms with Gasteiger partial charge in [-0.2, -0.15) is 0 Å². The van der Waals surface area contributed by atoms with Crippen molar-refractivity contribution in [2.24, 2.45) is 5.92 Å². The van der Waals surface area contributed by atoms with Crippen molar-refractivity contribution in [1.29, 1.82) is 0 Å². The van der Waals surface area contributed by atoms with E-state index >= 15 is 0 Å². The molecule has 0 spiro atoms. The highest BCUT2D eigenvalue weighted by Crippen LogP contribution is 2.26. The van der Waals surface area contributed by atoms with Crippen LogP contribution < -0.4 is 19.7 Å². The maximum absolute atomic E-state index is 11.9. The van der Waals surface area contributed by atoms with Gasteiger partial charge in [-0.3, -0.25) is 4.79 Å². The monoisotopic (exact) mass is 340 g/mol. The van der Waals surface area contributed by atoms with E-state index < -0.39 is 0 Å². The second-order valence-electron chi connectivity index (χ2n) is 6.21. The van der Waals surface area contributed by atoms with Gasteiger partial charge in [-0.25, -0.2) is 0 Å². The second-order valence-corrected chi connectivity index (χ2v) is 6.21. The summed E-state index contributed by atoms with van der Waals surface area (Å²) in [4.78, 5) is 14.3. The highest BCUT2D eigenvalue weighted by atomic mass is 16.5. The maximum atomic E-state index is 11.9. The fourth-order valence-corrected chi connectivity index (χ4v) is 3.02. The molecule has 5 heteroatoms. The molecular formula is C20H24N2O3. The molecule has 1 saturated heterocycles. The van der Waals surface area contributed by atoms with Crippen molar-refractivity contribution in [3.63, 3.8) is 0 Å². The van der Waals surface area contributed by atoms with E-state index in [0.717, 1.165) is 25.3 Å². The molecule has 2 aromatic rings. The molecule has 1 heterocycles. The third kappa shape index (κ3) is 4.89. The summed E-state index contributed by atoms with van der Waals surface area (Å²) < 4.78 is 10.7. The summed E-state index contributed by atoms with van der Waals surface area (Å²) in [5.74, 6) is 1.95. The van der Waals surface area contributed by atoms with Crippen LogP contribution in [0.3, 0.4) is 0 Å². The molecular weight excluding hydrogens is 316 g/mol. The summed E-state index contributed by atoms with van der Waals surface area (Å²) in [5, 5.41) is 2.97. The van der Waals surface area contributed by atoms with Crippen LogP contribution in [0.2, 0.25) is 0 Å². The first-order chi connectivity index (χ1) is 12.2. The molecule has 0 radical (unpaired) electrons. The Morgan fingerprint density at radius 3 is 2.76 bits per heavy atom. The van der Waals surface area contributed by atoms with Gasteiger partial charge in [-0.05, 0) is 36.6 Å². The number of anilines is 1. The van der Waals surface area contributed by atoms with Crippen LogP contribution in [-0.2, 0) is 4.79 Å². The summed E-state index contributed by atoms with van der Waals surface area (Å²) in [6, 6.07) is 17.5. The minimum Gasteiger partial charge on any atom is -0.497 e. The van der Waals surface area contributed by atoms with Gasteiger partial charge < -0.3 is 19.7 Å². The van der Waals surface area contributed by atoms with Crippen molar-refractivity contribution in [3.8, 4) is 11.5 Å². The fraction of sp³-hybridized carbons (Fsp3) is 0.350. The SMILES string of the molecule is COc1cccc(N2CC[C@@H](CNC(=O)COc3ccccc3)C2)c1. The quantitative estimate of drug-likeness (QED) is 0.842. The van der Waals surface area contributed by atoms with Crippen molar-refractivity contribution in [2.75, 3.05) is 38.3 Å². The smallest absolute Gasteiger partial charge is 0.257 e. The van der Waals surface area contributed by atoms with E-state index in [2.05, 4.69) is 22.3 Å². The van der Waals surface area contributed by atoms with Crippen molar-refractivity contribution < 1.29 is 14.3 Å². The average molecular weight is 340 g/mol. The van der Waals surface area contributed by atoms with Gasteiger partial charge in [-0.1, -0.05) is 24.3 Å². The number of hydrogen-bond acceptors (Lipinski definition) is 4. The summed E-state index contributed by atoms with van der Waals surface area (Å²) in [6.07, 6.45) is 1.07. The molecule has 2 aromatic carbocycles. The predicted molar refractivity (Wildman–Crippen MR) is 98.3 cm³/mol. The fourth-order valence-electron chi connectivity index (χ4n) is 3.02. The van der Waals surface area contributed by atoms with Crippen LogP contribution >= 0.6 is 0 Å². The highest BCUT2D eigenvalue weighted by molar-refractivity contribution is 5.77. The van der Waals surface area contributed by atoms with Gasteiger partial charge in [0, 0.05) is 31.4 Å². The summed E-state index contributed by atoms with van der Waals surface area (Å²) >= 11 is 0. The lowest BCUT2D eigenvalue weighted by molar-refractivity contribution is -0.123. The molecule has 3 rings (SSSR count). The van der Waals surface area contributed by atoms with Crippen molar-refractivity contribution in [2.45, 2.75) is 6.42 Å². The summed E-state index contributed by atoms with van der Waals surface area (Å²) in [5.41, 5.74) is 1.17. The second kappa shape index (κ2) is 8.42. The van der Waals surface area contributed by atoms with E-state index in [1.807, 2.05) is 42.5 Å². The van der Waals surface area contributed by atoms with Crippen molar-refractivity contribution in [3.05, 3.63) is 54.6 Å². The van der Waals surface area contributed by atoms with Gasteiger partial charge in [0.2, 0.25) is 0 Å². The van der Waals surface area contributed by atoms with Crippen LogP contribution in [0.25, 0.3) is 0 Å². The first-order valence-electron chi connectivity index (χ1n) is 8.58. The number of methoxy groups -OCH3 is 1. The Kier molecular flexibility index (Phi) is 5.77. The molecule has 0 bridgehead atoms. The molecule has 5 nitrogen and oxygen atoms in total. The number of para-hydroxylation sites is 1. The number of nitrogens with one attached hydrogen (secondary N) is 1. The number of ether oxygens (including phenoxy) is 2. The highest BCUT2D eigenvalue weighted by Gasteiger charge is 2.23. The van der Waals surface area contributed by atoms with Crippen LogP contribution in [0, 0.1) is 5.92 Å². The van der Waals surface area contributed by atoms with E-state index in [4.69, 9.17) is 9.47 Å². The van der Waals surface area contributed by atoms with Crippen LogP contribution in [0.5, 0.6) is 11.5 Å². The lowest BCUT2D eigenvalue weighted by Gasteiger charge is -2.19. The Balaban J connectivity index is 1.41. The topological polar surface area (TPSA) is 50.8 Å². The first kappa shape index (κ1) is 17.1. The predicted octanol–water partition coefficient (Wildman–Crippen LogP) is 2.72. The zero-order valence-electron chi connectivity index (χ0n) is 14.5. The zero-order chi connectivity index (χ0) is 17.5. The van der Waals surface area contributed by atoms with Crippen molar-refractivity contribution >= 4 is 11.6 Å².